The minimum Gasteiger partial charge on any atom is -0.341 e. The average Bonchev–Trinajstić information content (AvgIpc) is 3.12. The number of fused-ring (bicyclic) bond motifs is 1. The Morgan fingerprint density at radius 2 is 1.44 bits per heavy atom. The van der Waals surface area contributed by atoms with Crippen LogP contribution in [0.5, 0.6) is 0 Å². The van der Waals surface area contributed by atoms with Crippen molar-refractivity contribution >= 4 is 29.1 Å². The Bertz CT molecular complexity index is 1540. The number of anilines is 1. The largest absolute Gasteiger partial charge is 0.341 e. The van der Waals surface area contributed by atoms with Gasteiger partial charge in [0.05, 0.1) is 11.4 Å². The Labute approximate surface area is 239 Å². The van der Waals surface area contributed by atoms with Gasteiger partial charge in [0.15, 0.2) is 0 Å². The third kappa shape index (κ3) is 6.58. The fourth-order valence-electron chi connectivity index (χ4n) is 4.94. The SMILES string of the molecule is CN1C(=O)[C@@H](NC(=O)[C@@H](NC(=O)CCCc2ccccc2)c2ccccc2)N=C(c2ccccc2)c2ccccc21. The molecule has 0 bridgehead atoms. The molecule has 1 aliphatic heterocycles. The van der Waals surface area contributed by atoms with Gasteiger partial charge in [-0.3, -0.25) is 14.4 Å². The van der Waals surface area contributed by atoms with Gasteiger partial charge < -0.3 is 15.5 Å². The minimum absolute atomic E-state index is 0.241. The number of carbonyl (C=O) groups is 3. The van der Waals surface area contributed by atoms with Crippen LogP contribution in [0.25, 0.3) is 0 Å². The summed E-state index contributed by atoms with van der Waals surface area (Å²) in [5, 5.41) is 5.71. The van der Waals surface area contributed by atoms with Crippen LogP contribution in [-0.4, -0.2) is 36.6 Å². The molecule has 1 heterocycles. The molecular weight excluding hydrogens is 512 g/mol. The number of aryl methyl sites for hydroxylation is 1. The molecule has 7 heteroatoms. The number of para-hydroxylation sites is 1. The van der Waals surface area contributed by atoms with E-state index in [1.807, 2.05) is 103 Å². The van der Waals surface area contributed by atoms with Crippen molar-refractivity contribution in [1.29, 1.82) is 0 Å². The summed E-state index contributed by atoms with van der Waals surface area (Å²) in [6, 6.07) is 35.1. The van der Waals surface area contributed by atoms with Crippen LogP contribution >= 0.6 is 0 Å². The molecule has 0 saturated heterocycles. The molecule has 206 valence electrons. The summed E-state index contributed by atoms with van der Waals surface area (Å²) in [5.41, 5.74) is 4.69. The third-order valence-corrected chi connectivity index (χ3v) is 7.08. The lowest BCUT2D eigenvalue weighted by molar-refractivity contribution is -0.131. The summed E-state index contributed by atoms with van der Waals surface area (Å²) in [7, 11) is 1.67. The van der Waals surface area contributed by atoms with Gasteiger partial charge >= 0.3 is 0 Å². The molecule has 5 rings (SSSR count). The zero-order chi connectivity index (χ0) is 28.6. The van der Waals surface area contributed by atoms with E-state index in [0.29, 0.717) is 23.4 Å². The normalized spacial score (nSPS) is 15.2. The highest BCUT2D eigenvalue weighted by Gasteiger charge is 2.33. The van der Waals surface area contributed by atoms with Crippen molar-refractivity contribution in [3.8, 4) is 0 Å². The Balaban J connectivity index is 1.38. The molecule has 0 spiro atoms. The summed E-state index contributed by atoms with van der Waals surface area (Å²) in [6.07, 6.45) is 0.490. The molecule has 0 unspecified atom stereocenters. The van der Waals surface area contributed by atoms with E-state index in [1.165, 1.54) is 4.90 Å². The molecule has 4 aromatic rings. The van der Waals surface area contributed by atoms with Gasteiger partial charge in [0.1, 0.15) is 6.04 Å². The summed E-state index contributed by atoms with van der Waals surface area (Å²) in [6.45, 7) is 0. The molecular formula is C34H32N4O3. The van der Waals surface area contributed by atoms with Crippen LogP contribution in [0.4, 0.5) is 5.69 Å². The average molecular weight is 545 g/mol. The maximum Gasteiger partial charge on any atom is 0.272 e. The second-order valence-electron chi connectivity index (χ2n) is 9.92. The Kier molecular flexibility index (Phi) is 8.64. The monoisotopic (exact) mass is 544 g/mol. The van der Waals surface area contributed by atoms with Crippen molar-refractivity contribution in [1.82, 2.24) is 10.6 Å². The quantitative estimate of drug-likeness (QED) is 0.317. The van der Waals surface area contributed by atoms with Crippen LogP contribution in [0, 0.1) is 0 Å². The van der Waals surface area contributed by atoms with Crippen LogP contribution in [0.15, 0.2) is 120 Å². The predicted octanol–water partition coefficient (Wildman–Crippen LogP) is 4.82. The molecule has 3 amide bonds. The van der Waals surface area contributed by atoms with E-state index in [9.17, 15) is 14.4 Å². The first-order valence-electron chi connectivity index (χ1n) is 13.7. The summed E-state index contributed by atoms with van der Waals surface area (Å²) >= 11 is 0. The third-order valence-electron chi connectivity index (χ3n) is 7.08. The van der Waals surface area contributed by atoms with E-state index in [2.05, 4.69) is 10.6 Å². The number of aliphatic imine (C=N–C) groups is 1. The van der Waals surface area contributed by atoms with Gasteiger partial charge in [-0.05, 0) is 30.0 Å². The molecule has 0 aromatic heterocycles. The molecule has 0 fully saturated rings. The molecule has 1 aliphatic rings. The number of hydrogen-bond acceptors (Lipinski definition) is 4. The highest BCUT2D eigenvalue weighted by atomic mass is 16.2. The molecule has 0 aliphatic carbocycles. The number of amides is 3. The number of nitrogens with zero attached hydrogens (tertiary/aromatic N) is 2. The number of rotatable bonds is 9. The van der Waals surface area contributed by atoms with Gasteiger partial charge in [-0.15, -0.1) is 0 Å². The second-order valence-corrected chi connectivity index (χ2v) is 9.92. The minimum atomic E-state index is -1.18. The summed E-state index contributed by atoms with van der Waals surface area (Å²) < 4.78 is 0. The Hall–Kier alpha value is -5.04. The zero-order valence-electron chi connectivity index (χ0n) is 22.9. The lowest BCUT2D eigenvalue weighted by Crippen LogP contribution is -2.50. The van der Waals surface area contributed by atoms with Crippen LogP contribution in [-0.2, 0) is 20.8 Å². The van der Waals surface area contributed by atoms with E-state index in [4.69, 9.17) is 4.99 Å². The van der Waals surface area contributed by atoms with Crippen LogP contribution in [0.1, 0.15) is 41.1 Å². The van der Waals surface area contributed by atoms with E-state index in [-0.39, 0.29) is 18.2 Å². The second kappa shape index (κ2) is 12.9. The number of nitrogens with one attached hydrogen (secondary N) is 2. The van der Waals surface area contributed by atoms with Crippen molar-refractivity contribution < 1.29 is 14.4 Å². The topological polar surface area (TPSA) is 90.9 Å². The van der Waals surface area contributed by atoms with Gasteiger partial charge in [-0.25, -0.2) is 4.99 Å². The fourth-order valence-corrected chi connectivity index (χ4v) is 4.94. The number of benzodiazepines with no additional fused rings is 1. The first-order chi connectivity index (χ1) is 20.0. The molecule has 4 aromatic carbocycles. The molecule has 2 N–H and O–H groups in total. The van der Waals surface area contributed by atoms with Crippen molar-refractivity contribution in [3.63, 3.8) is 0 Å². The molecule has 41 heavy (non-hydrogen) atoms. The maximum atomic E-state index is 13.8. The Morgan fingerprint density at radius 1 is 0.829 bits per heavy atom. The first kappa shape index (κ1) is 27.5. The van der Waals surface area contributed by atoms with Crippen molar-refractivity contribution in [3.05, 3.63) is 138 Å². The predicted molar refractivity (Wildman–Crippen MR) is 161 cm³/mol. The zero-order valence-corrected chi connectivity index (χ0v) is 22.9. The molecule has 2 atom stereocenters. The van der Waals surface area contributed by atoms with Crippen molar-refractivity contribution in [2.75, 3.05) is 11.9 Å². The van der Waals surface area contributed by atoms with E-state index < -0.39 is 18.1 Å². The van der Waals surface area contributed by atoms with Gasteiger partial charge in [-0.1, -0.05) is 109 Å². The number of benzene rings is 4. The van der Waals surface area contributed by atoms with Crippen LogP contribution < -0.4 is 15.5 Å². The smallest absolute Gasteiger partial charge is 0.272 e. The standard InChI is InChI=1S/C34H32N4O3/c1-38-28-22-12-11-21-27(28)30(25-17-7-3-8-18-25)36-32(34(38)41)37-33(40)31(26-19-9-4-10-20-26)35-29(39)23-13-16-24-14-5-2-6-15-24/h2-12,14-15,17-22,31-32H,13,16,23H2,1H3,(H,35,39)(H,37,40)/t31-,32+/m0/s1. The lowest BCUT2D eigenvalue weighted by Gasteiger charge is -2.24. The van der Waals surface area contributed by atoms with Crippen LogP contribution in [0.2, 0.25) is 0 Å². The van der Waals surface area contributed by atoms with Gasteiger partial charge in [0.2, 0.25) is 18.0 Å². The van der Waals surface area contributed by atoms with E-state index >= 15 is 0 Å². The van der Waals surface area contributed by atoms with Crippen molar-refractivity contribution in [2.24, 2.45) is 4.99 Å². The first-order valence-corrected chi connectivity index (χ1v) is 13.7. The molecule has 7 nitrogen and oxygen atoms in total. The van der Waals surface area contributed by atoms with E-state index in [0.717, 1.165) is 23.1 Å². The number of carbonyl (C=O) groups excluding carboxylic acids is 3. The maximum absolute atomic E-state index is 13.8. The highest BCUT2D eigenvalue weighted by Crippen LogP contribution is 2.27. The van der Waals surface area contributed by atoms with Gasteiger partial charge in [-0.2, -0.15) is 0 Å². The summed E-state index contributed by atoms with van der Waals surface area (Å²) in [5.74, 6) is -1.13. The lowest BCUT2D eigenvalue weighted by atomic mass is 10.0. The summed E-state index contributed by atoms with van der Waals surface area (Å²) in [4.78, 5) is 46.6. The number of hydrogen-bond donors (Lipinski definition) is 2. The van der Waals surface area contributed by atoms with Crippen LogP contribution in [0.3, 0.4) is 0 Å². The van der Waals surface area contributed by atoms with Gasteiger partial charge in [0, 0.05) is 24.6 Å². The molecule has 0 radical (unpaired) electrons. The Morgan fingerprint density at radius 3 is 2.15 bits per heavy atom. The van der Waals surface area contributed by atoms with Gasteiger partial charge in [0.25, 0.3) is 5.91 Å². The van der Waals surface area contributed by atoms with Crippen molar-refractivity contribution in [2.45, 2.75) is 31.5 Å². The number of likely N-dealkylation sites (N-methyl/N-ethyl adjacent to an activating group) is 1. The highest BCUT2D eigenvalue weighted by molar-refractivity contribution is 6.20. The molecule has 0 saturated carbocycles. The fraction of sp³-hybridized carbons (Fsp3) is 0.176. The van der Waals surface area contributed by atoms with E-state index in [1.54, 1.807) is 19.2 Å².